The Morgan fingerprint density at radius 3 is 2.45 bits per heavy atom. The highest BCUT2D eigenvalue weighted by Crippen LogP contribution is 2.45. The zero-order chi connectivity index (χ0) is 15.6. The largest absolute Gasteiger partial charge is 0.328 e. The van der Waals surface area contributed by atoms with E-state index in [0.29, 0.717) is 5.02 Å². The number of hydrogen-bond donors (Lipinski definition) is 2. The molecule has 3 nitrogen and oxygen atoms in total. The summed E-state index contributed by atoms with van der Waals surface area (Å²) in [5, 5.41) is 6.78. The van der Waals surface area contributed by atoms with Gasteiger partial charge >= 0.3 is 6.03 Å². The predicted molar refractivity (Wildman–Crippen MR) is 90.3 cm³/mol. The second-order valence-electron chi connectivity index (χ2n) is 5.68. The van der Waals surface area contributed by atoms with E-state index in [9.17, 15) is 4.79 Å². The molecule has 0 aromatic heterocycles. The maximum absolute atomic E-state index is 12.3. The molecule has 0 unspecified atom stereocenters. The van der Waals surface area contributed by atoms with E-state index >= 15 is 0 Å². The molecule has 0 atom stereocenters. The third kappa shape index (κ3) is 3.09. The number of rotatable bonds is 4. The molecule has 1 fully saturated rings. The van der Waals surface area contributed by atoms with Gasteiger partial charge in [-0.2, -0.15) is 0 Å². The van der Waals surface area contributed by atoms with Crippen molar-refractivity contribution < 1.29 is 4.79 Å². The Bertz CT molecular complexity index is 678. The second kappa shape index (κ2) is 6.01. The van der Waals surface area contributed by atoms with Gasteiger partial charge in [0.15, 0.2) is 0 Å². The molecular weight excluding hydrogens is 296 g/mol. The fraction of sp³-hybridized carbons (Fsp3) is 0.278. The Labute approximate surface area is 135 Å². The van der Waals surface area contributed by atoms with E-state index in [2.05, 4.69) is 17.6 Å². The number of benzene rings is 2. The molecule has 0 radical (unpaired) electrons. The maximum atomic E-state index is 12.3. The van der Waals surface area contributed by atoms with Gasteiger partial charge in [-0.1, -0.05) is 48.9 Å². The number of anilines is 1. The third-order valence-electron chi connectivity index (χ3n) is 4.15. The highest BCUT2D eigenvalue weighted by molar-refractivity contribution is 6.30. The lowest BCUT2D eigenvalue weighted by Crippen LogP contribution is -2.38. The van der Waals surface area contributed by atoms with E-state index in [-0.39, 0.29) is 11.6 Å². The van der Waals surface area contributed by atoms with E-state index in [4.69, 9.17) is 11.6 Å². The van der Waals surface area contributed by atoms with Crippen LogP contribution in [-0.2, 0) is 12.0 Å². The quantitative estimate of drug-likeness (QED) is 0.842. The summed E-state index contributed by atoms with van der Waals surface area (Å²) in [7, 11) is 0. The molecule has 0 bridgehead atoms. The van der Waals surface area contributed by atoms with Gasteiger partial charge in [-0.05, 0) is 48.6 Å². The molecule has 2 amide bonds. The molecule has 2 aromatic rings. The number of halogens is 1. The molecule has 3 rings (SSSR count). The zero-order valence-corrected chi connectivity index (χ0v) is 13.3. The van der Waals surface area contributed by atoms with Crippen molar-refractivity contribution in [1.82, 2.24) is 5.32 Å². The van der Waals surface area contributed by atoms with E-state index in [1.54, 1.807) is 0 Å². The van der Waals surface area contributed by atoms with Crippen LogP contribution in [0.25, 0.3) is 0 Å². The topological polar surface area (TPSA) is 41.1 Å². The summed E-state index contributed by atoms with van der Waals surface area (Å²) < 4.78 is 0. The van der Waals surface area contributed by atoms with Crippen LogP contribution >= 0.6 is 11.6 Å². The molecular formula is C18H19ClN2O. The van der Waals surface area contributed by atoms with Crippen LogP contribution in [0.15, 0.2) is 48.5 Å². The molecule has 1 aliphatic rings. The number of para-hydroxylation sites is 1. The Hall–Kier alpha value is -2.00. The Kier molecular flexibility index (Phi) is 4.08. The highest BCUT2D eigenvalue weighted by Gasteiger charge is 2.45. The lowest BCUT2D eigenvalue weighted by molar-refractivity contribution is 0.247. The molecule has 0 saturated heterocycles. The molecule has 1 saturated carbocycles. The number of aryl methyl sites for hydroxylation is 1. The normalized spacial score (nSPS) is 15.2. The van der Waals surface area contributed by atoms with Gasteiger partial charge in [0.25, 0.3) is 0 Å². The van der Waals surface area contributed by atoms with E-state index in [1.807, 2.05) is 48.5 Å². The van der Waals surface area contributed by atoms with Crippen LogP contribution in [0.4, 0.5) is 10.5 Å². The fourth-order valence-corrected chi connectivity index (χ4v) is 2.83. The first-order chi connectivity index (χ1) is 10.6. The fourth-order valence-electron chi connectivity index (χ4n) is 2.70. The number of amides is 2. The van der Waals surface area contributed by atoms with Crippen molar-refractivity contribution in [2.75, 3.05) is 5.32 Å². The van der Waals surface area contributed by atoms with Crippen molar-refractivity contribution in [3.05, 3.63) is 64.7 Å². The summed E-state index contributed by atoms with van der Waals surface area (Å²) in [6, 6.07) is 15.4. The number of hydrogen-bond acceptors (Lipinski definition) is 1. The third-order valence-corrected chi connectivity index (χ3v) is 4.40. The van der Waals surface area contributed by atoms with Crippen LogP contribution in [0.2, 0.25) is 5.02 Å². The molecule has 0 heterocycles. The van der Waals surface area contributed by atoms with Gasteiger partial charge in [0.05, 0.1) is 5.54 Å². The van der Waals surface area contributed by atoms with Crippen LogP contribution in [0.3, 0.4) is 0 Å². The number of carbonyl (C=O) groups excluding carboxylic acids is 1. The molecule has 2 N–H and O–H groups in total. The minimum Gasteiger partial charge on any atom is -0.328 e. The summed E-state index contributed by atoms with van der Waals surface area (Å²) in [4.78, 5) is 12.3. The lowest BCUT2D eigenvalue weighted by Gasteiger charge is -2.19. The van der Waals surface area contributed by atoms with Crippen LogP contribution in [0.1, 0.15) is 30.9 Å². The molecule has 2 aromatic carbocycles. The summed E-state index contributed by atoms with van der Waals surface area (Å²) in [6.07, 6.45) is 2.80. The average molecular weight is 315 g/mol. The molecule has 114 valence electrons. The first kappa shape index (κ1) is 14.9. The number of carbonyl (C=O) groups is 1. The molecule has 4 heteroatoms. The van der Waals surface area contributed by atoms with Gasteiger partial charge in [0.2, 0.25) is 0 Å². The zero-order valence-electron chi connectivity index (χ0n) is 12.5. The molecule has 0 spiro atoms. The summed E-state index contributed by atoms with van der Waals surface area (Å²) in [6.45, 7) is 2.08. The van der Waals surface area contributed by atoms with Gasteiger partial charge in [-0.3, -0.25) is 0 Å². The van der Waals surface area contributed by atoms with Crippen molar-refractivity contribution in [3.63, 3.8) is 0 Å². The Morgan fingerprint density at radius 2 is 1.82 bits per heavy atom. The van der Waals surface area contributed by atoms with Crippen LogP contribution in [0, 0.1) is 0 Å². The first-order valence-electron chi connectivity index (χ1n) is 7.56. The van der Waals surface area contributed by atoms with Gasteiger partial charge in [-0.25, -0.2) is 4.79 Å². The lowest BCUT2D eigenvalue weighted by atomic mass is 10.1. The number of urea groups is 1. The van der Waals surface area contributed by atoms with Crippen molar-refractivity contribution >= 4 is 23.3 Å². The van der Waals surface area contributed by atoms with Crippen molar-refractivity contribution in [2.24, 2.45) is 0 Å². The van der Waals surface area contributed by atoms with Crippen LogP contribution in [-0.4, -0.2) is 6.03 Å². The van der Waals surface area contributed by atoms with Crippen LogP contribution in [0.5, 0.6) is 0 Å². The Morgan fingerprint density at radius 1 is 1.14 bits per heavy atom. The standard InChI is InChI=1S/C18H19ClN2O/c1-2-13-5-3-4-6-16(13)20-17(22)21-18(11-12-18)14-7-9-15(19)10-8-14/h3-10H,2,11-12H2,1H3,(H2,20,21,22). The molecule has 1 aliphatic carbocycles. The van der Waals surface area contributed by atoms with Gasteiger partial charge in [0.1, 0.15) is 0 Å². The molecule has 22 heavy (non-hydrogen) atoms. The van der Waals surface area contributed by atoms with E-state index in [0.717, 1.165) is 36.1 Å². The summed E-state index contributed by atoms with van der Waals surface area (Å²) in [5.74, 6) is 0. The number of nitrogens with one attached hydrogen (secondary N) is 2. The van der Waals surface area contributed by atoms with Gasteiger partial charge in [-0.15, -0.1) is 0 Å². The summed E-state index contributed by atoms with van der Waals surface area (Å²) in [5.41, 5.74) is 2.87. The predicted octanol–water partition coefficient (Wildman–Crippen LogP) is 4.71. The van der Waals surface area contributed by atoms with Crippen LogP contribution < -0.4 is 10.6 Å². The second-order valence-corrected chi connectivity index (χ2v) is 6.12. The minimum absolute atomic E-state index is 0.159. The monoisotopic (exact) mass is 314 g/mol. The maximum Gasteiger partial charge on any atom is 0.319 e. The smallest absolute Gasteiger partial charge is 0.319 e. The Balaban J connectivity index is 1.70. The van der Waals surface area contributed by atoms with Crippen molar-refractivity contribution in [3.8, 4) is 0 Å². The van der Waals surface area contributed by atoms with Gasteiger partial charge in [0, 0.05) is 10.7 Å². The highest BCUT2D eigenvalue weighted by atomic mass is 35.5. The van der Waals surface area contributed by atoms with Crippen molar-refractivity contribution in [2.45, 2.75) is 31.7 Å². The SMILES string of the molecule is CCc1ccccc1NC(=O)NC1(c2ccc(Cl)cc2)CC1. The van der Waals surface area contributed by atoms with E-state index < -0.39 is 0 Å². The average Bonchev–Trinajstić information content (AvgIpc) is 3.29. The van der Waals surface area contributed by atoms with Gasteiger partial charge < -0.3 is 10.6 Å². The molecule has 0 aliphatic heterocycles. The summed E-state index contributed by atoms with van der Waals surface area (Å²) >= 11 is 5.93. The van der Waals surface area contributed by atoms with E-state index in [1.165, 1.54) is 0 Å². The minimum atomic E-state index is -0.240. The first-order valence-corrected chi connectivity index (χ1v) is 7.94. The van der Waals surface area contributed by atoms with Crippen molar-refractivity contribution in [1.29, 1.82) is 0 Å².